The molecule has 0 aromatic carbocycles. The molecule has 1 fully saturated rings. The van der Waals surface area contributed by atoms with Crippen LogP contribution in [0.2, 0.25) is 0 Å². The molecule has 6 nitrogen and oxygen atoms in total. The average Bonchev–Trinajstić information content (AvgIpc) is 2.79. The largest absolute Gasteiger partial charge is 0.508 e. The predicted molar refractivity (Wildman–Crippen MR) is 62.9 cm³/mol. The molecule has 2 heterocycles. The second-order valence-corrected chi connectivity index (χ2v) is 4.32. The van der Waals surface area contributed by atoms with E-state index in [-0.39, 0.29) is 24.1 Å². The maximum Gasteiger partial charge on any atom is 0.352 e. The smallest absolute Gasteiger partial charge is 0.352 e. The number of carboxylic acid groups (broad SMARTS) is 1. The van der Waals surface area contributed by atoms with Crippen LogP contribution < -0.4 is 5.56 Å². The van der Waals surface area contributed by atoms with Gasteiger partial charge < -0.3 is 19.5 Å². The quantitative estimate of drug-likeness (QED) is 0.829. The summed E-state index contributed by atoms with van der Waals surface area (Å²) in [5.74, 6) is -1.55. The Labute approximate surface area is 103 Å². The summed E-state index contributed by atoms with van der Waals surface area (Å²) in [6.07, 6.45) is 2.63. The van der Waals surface area contributed by atoms with Gasteiger partial charge in [0.2, 0.25) is 0 Å². The highest BCUT2D eigenvalue weighted by molar-refractivity contribution is 5.86. The number of carboxylic acids is 1. The molecule has 0 spiro atoms. The van der Waals surface area contributed by atoms with E-state index in [0.717, 1.165) is 36.1 Å². The van der Waals surface area contributed by atoms with E-state index in [1.165, 1.54) is 0 Å². The highest BCUT2D eigenvalue weighted by Crippen LogP contribution is 2.16. The maximum atomic E-state index is 11.7. The van der Waals surface area contributed by atoms with Gasteiger partial charge in [0, 0.05) is 25.3 Å². The molecule has 0 amide bonds. The Bertz CT molecular complexity index is 502. The number of rotatable bonds is 4. The standard InChI is InChI=1S/C12H15NO5/c14-8-6-10(12(16)17)13(11(15)7-8)4-3-9-2-1-5-18-9/h6-7,9,14H,1-5H2,(H,16,17). The first-order chi connectivity index (χ1) is 8.58. The molecule has 0 aliphatic carbocycles. The van der Waals surface area contributed by atoms with Crippen LogP contribution >= 0.6 is 0 Å². The molecule has 1 aliphatic rings. The van der Waals surface area contributed by atoms with Crippen molar-refractivity contribution in [2.45, 2.75) is 31.9 Å². The van der Waals surface area contributed by atoms with Crippen LogP contribution in [0.4, 0.5) is 0 Å². The first kappa shape index (κ1) is 12.6. The Morgan fingerprint density at radius 3 is 2.89 bits per heavy atom. The Morgan fingerprint density at radius 1 is 1.50 bits per heavy atom. The van der Waals surface area contributed by atoms with Crippen molar-refractivity contribution in [1.82, 2.24) is 4.57 Å². The van der Waals surface area contributed by atoms with Crippen LogP contribution in [0.1, 0.15) is 29.8 Å². The van der Waals surface area contributed by atoms with Gasteiger partial charge in [-0.1, -0.05) is 0 Å². The molecule has 1 unspecified atom stereocenters. The number of hydrogen-bond acceptors (Lipinski definition) is 4. The van der Waals surface area contributed by atoms with E-state index in [4.69, 9.17) is 9.84 Å². The van der Waals surface area contributed by atoms with E-state index >= 15 is 0 Å². The summed E-state index contributed by atoms with van der Waals surface area (Å²) in [4.78, 5) is 22.7. The van der Waals surface area contributed by atoms with Crippen molar-refractivity contribution in [3.05, 3.63) is 28.2 Å². The maximum absolute atomic E-state index is 11.7. The zero-order valence-corrected chi connectivity index (χ0v) is 9.83. The second kappa shape index (κ2) is 5.22. The Kier molecular flexibility index (Phi) is 3.66. The summed E-state index contributed by atoms with van der Waals surface area (Å²) in [6.45, 7) is 1.01. The van der Waals surface area contributed by atoms with Crippen molar-refractivity contribution in [2.24, 2.45) is 0 Å². The number of aromatic carboxylic acids is 1. The fourth-order valence-electron chi connectivity index (χ4n) is 2.14. The van der Waals surface area contributed by atoms with Crippen LogP contribution in [0.3, 0.4) is 0 Å². The average molecular weight is 253 g/mol. The van der Waals surface area contributed by atoms with Crippen molar-refractivity contribution in [3.8, 4) is 5.75 Å². The molecule has 1 aromatic rings. The Morgan fingerprint density at radius 2 is 2.28 bits per heavy atom. The van der Waals surface area contributed by atoms with Gasteiger partial charge in [-0.2, -0.15) is 0 Å². The number of aromatic nitrogens is 1. The molecular formula is C12H15NO5. The molecular weight excluding hydrogens is 238 g/mol. The number of pyridine rings is 1. The van der Waals surface area contributed by atoms with Crippen LogP contribution in [-0.2, 0) is 11.3 Å². The zero-order chi connectivity index (χ0) is 13.1. The summed E-state index contributed by atoms with van der Waals surface area (Å²) in [5, 5.41) is 18.3. The summed E-state index contributed by atoms with van der Waals surface area (Å²) < 4.78 is 6.58. The van der Waals surface area contributed by atoms with E-state index in [1.807, 2.05) is 0 Å². The Hall–Kier alpha value is -1.82. The van der Waals surface area contributed by atoms with Gasteiger partial charge in [0.05, 0.1) is 6.10 Å². The van der Waals surface area contributed by atoms with Gasteiger partial charge in [-0.15, -0.1) is 0 Å². The first-order valence-electron chi connectivity index (χ1n) is 5.86. The molecule has 0 bridgehead atoms. The van der Waals surface area contributed by atoms with E-state index in [0.29, 0.717) is 6.42 Å². The topological polar surface area (TPSA) is 88.8 Å². The minimum atomic E-state index is -1.23. The van der Waals surface area contributed by atoms with Crippen LogP contribution in [-0.4, -0.2) is 33.5 Å². The third-order valence-electron chi connectivity index (χ3n) is 3.03. The lowest BCUT2D eigenvalue weighted by molar-refractivity contribution is 0.0676. The molecule has 98 valence electrons. The van der Waals surface area contributed by atoms with Crippen LogP contribution in [0, 0.1) is 0 Å². The molecule has 18 heavy (non-hydrogen) atoms. The number of ether oxygens (including phenoxy) is 1. The molecule has 1 saturated heterocycles. The monoisotopic (exact) mass is 253 g/mol. The lowest BCUT2D eigenvalue weighted by Gasteiger charge is -2.13. The second-order valence-electron chi connectivity index (χ2n) is 4.32. The van der Waals surface area contributed by atoms with Crippen molar-refractivity contribution >= 4 is 5.97 Å². The minimum Gasteiger partial charge on any atom is -0.508 e. The molecule has 2 N–H and O–H groups in total. The van der Waals surface area contributed by atoms with E-state index in [9.17, 15) is 14.7 Å². The predicted octanol–water partition coefficient (Wildman–Crippen LogP) is 0.821. The third kappa shape index (κ3) is 2.70. The number of nitrogens with zero attached hydrogens (tertiary/aromatic N) is 1. The summed E-state index contributed by atoms with van der Waals surface area (Å²) >= 11 is 0. The highest BCUT2D eigenvalue weighted by Gasteiger charge is 2.18. The fraction of sp³-hybridized carbons (Fsp3) is 0.500. The molecule has 1 aliphatic heterocycles. The molecule has 2 rings (SSSR count). The van der Waals surface area contributed by atoms with Gasteiger partial charge in [0.15, 0.2) is 0 Å². The lowest BCUT2D eigenvalue weighted by Crippen LogP contribution is -2.26. The van der Waals surface area contributed by atoms with E-state index < -0.39 is 11.5 Å². The molecule has 1 aromatic heterocycles. The molecule has 1 atom stereocenters. The molecule has 0 saturated carbocycles. The molecule has 0 radical (unpaired) electrons. The van der Waals surface area contributed by atoms with Gasteiger partial charge in [-0.05, 0) is 19.3 Å². The van der Waals surface area contributed by atoms with E-state index in [1.54, 1.807) is 0 Å². The van der Waals surface area contributed by atoms with Gasteiger partial charge >= 0.3 is 5.97 Å². The normalized spacial score (nSPS) is 19.0. The number of carbonyl (C=O) groups is 1. The first-order valence-corrected chi connectivity index (χ1v) is 5.86. The van der Waals surface area contributed by atoms with E-state index in [2.05, 4.69) is 0 Å². The van der Waals surface area contributed by atoms with Crippen LogP contribution in [0.15, 0.2) is 16.9 Å². The zero-order valence-electron chi connectivity index (χ0n) is 9.83. The number of hydrogen-bond donors (Lipinski definition) is 2. The van der Waals surface area contributed by atoms with Gasteiger partial charge in [0.25, 0.3) is 5.56 Å². The SMILES string of the molecule is O=C(O)c1cc(O)cc(=O)n1CCC1CCCO1. The van der Waals surface area contributed by atoms with Crippen LogP contribution in [0.5, 0.6) is 5.75 Å². The van der Waals surface area contributed by atoms with Crippen molar-refractivity contribution in [2.75, 3.05) is 6.61 Å². The highest BCUT2D eigenvalue weighted by atomic mass is 16.5. The number of aromatic hydroxyl groups is 1. The summed E-state index contributed by atoms with van der Waals surface area (Å²) in [7, 11) is 0. The third-order valence-corrected chi connectivity index (χ3v) is 3.03. The summed E-state index contributed by atoms with van der Waals surface area (Å²) in [6, 6.07) is 2.10. The van der Waals surface area contributed by atoms with Gasteiger partial charge in [-0.3, -0.25) is 4.79 Å². The Balaban J connectivity index is 2.20. The summed E-state index contributed by atoms with van der Waals surface area (Å²) in [5.41, 5.74) is -0.705. The van der Waals surface area contributed by atoms with Gasteiger partial charge in [-0.25, -0.2) is 4.79 Å². The van der Waals surface area contributed by atoms with Crippen molar-refractivity contribution < 1.29 is 19.7 Å². The van der Waals surface area contributed by atoms with Gasteiger partial charge in [0.1, 0.15) is 11.4 Å². The van der Waals surface area contributed by atoms with Crippen LogP contribution in [0.25, 0.3) is 0 Å². The van der Waals surface area contributed by atoms with Crippen molar-refractivity contribution in [1.29, 1.82) is 0 Å². The molecule has 6 heteroatoms. The van der Waals surface area contributed by atoms with Crippen molar-refractivity contribution in [3.63, 3.8) is 0 Å². The lowest BCUT2D eigenvalue weighted by atomic mass is 10.2. The minimum absolute atomic E-state index is 0.0901. The fourth-order valence-corrected chi connectivity index (χ4v) is 2.14.